The fraction of sp³-hybridized carbons (Fsp3) is 0.565. The zero-order valence-corrected chi connectivity index (χ0v) is 21.7. The summed E-state index contributed by atoms with van der Waals surface area (Å²) >= 11 is 0.891. The molecule has 1 aromatic carbocycles. The van der Waals surface area contributed by atoms with Gasteiger partial charge in [0, 0.05) is 45.1 Å². The van der Waals surface area contributed by atoms with E-state index in [1.54, 1.807) is 0 Å². The lowest BCUT2D eigenvalue weighted by atomic mass is 10.1. The molecule has 0 unspecified atom stereocenters. The van der Waals surface area contributed by atoms with E-state index in [9.17, 15) is 30.8 Å². The van der Waals surface area contributed by atoms with Gasteiger partial charge in [-0.05, 0) is 37.9 Å². The molecule has 2 aliphatic heterocycles. The Morgan fingerprint density at radius 2 is 1.76 bits per heavy atom. The number of alkyl halides is 2. The van der Waals surface area contributed by atoms with E-state index in [-0.39, 0.29) is 48.4 Å². The number of rotatable bonds is 9. The molecule has 0 amide bonds. The van der Waals surface area contributed by atoms with Crippen molar-refractivity contribution >= 4 is 38.1 Å². The fourth-order valence-corrected chi connectivity index (χ4v) is 6.97. The Morgan fingerprint density at radius 1 is 1.14 bits per heavy atom. The van der Waals surface area contributed by atoms with Crippen LogP contribution in [0.1, 0.15) is 47.3 Å². The number of piperidine rings is 2. The Kier molecular flexibility index (Phi) is 8.41. The van der Waals surface area contributed by atoms with Gasteiger partial charge in [-0.25, -0.2) is 35.3 Å². The molecule has 4 rings (SSSR count). The Bertz CT molecular complexity index is 1200. The Morgan fingerprint density at radius 3 is 2.38 bits per heavy atom. The third kappa shape index (κ3) is 6.78. The second-order valence-electron chi connectivity index (χ2n) is 9.34. The number of halogens is 4. The van der Waals surface area contributed by atoms with Gasteiger partial charge in [0.2, 0.25) is 15.8 Å². The number of anilines is 2. The van der Waals surface area contributed by atoms with Crippen molar-refractivity contribution in [1.29, 1.82) is 0 Å². The normalized spacial score (nSPS) is 19.7. The number of sulfonamides is 1. The molecule has 3 N–H and O–H groups in total. The standard InChI is InChI=1S/C23H29F4N5O3S2/c24-16-3-1-4-17(25)18(16)19(33)20-21(28)30-22(36-20)29-15-5-10-32(11-6-15)37(34,35)14-2-9-31-12-7-23(26,27)8-13-31/h1,3-4,15H,2,5-14,28H2,(H,29,30). The third-order valence-electron chi connectivity index (χ3n) is 6.69. The van der Waals surface area contributed by atoms with Crippen molar-refractivity contribution in [1.82, 2.24) is 14.2 Å². The first-order chi connectivity index (χ1) is 17.4. The van der Waals surface area contributed by atoms with Gasteiger partial charge in [-0.3, -0.25) is 4.79 Å². The van der Waals surface area contributed by atoms with Gasteiger partial charge in [0.05, 0.1) is 11.3 Å². The Hall–Kier alpha value is -2.29. The van der Waals surface area contributed by atoms with Crippen LogP contribution >= 0.6 is 11.3 Å². The first kappa shape index (κ1) is 27.7. The molecule has 0 saturated carbocycles. The number of nitrogens with two attached hydrogens (primary N) is 1. The fourth-order valence-electron chi connectivity index (χ4n) is 4.54. The van der Waals surface area contributed by atoms with Gasteiger partial charge < -0.3 is 16.0 Å². The molecule has 14 heteroatoms. The molecule has 3 heterocycles. The highest BCUT2D eigenvalue weighted by Gasteiger charge is 2.34. The summed E-state index contributed by atoms with van der Waals surface area (Å²) in [7, 11) is -3.47. The van der Waals surface area contributed by atoms with Crippen LogP contribution in [0.15, 0.2) is 18.2 Å². The number of carbonyl (C=O) groups is 1. The number of benzene rings is 1. The monoisotopic (exact) mass is 563 g/mol. The SMILES string of the molecule is Nc1nc(NC2CCN(S(=O)(=O)CCCN3CCC(F)(F)CC3)CC2)sc1C(=O)c1c(F)cccc1F. The molecule has 2 fully saturated rings. The van der Waals surface area contributed by atoms with E-state index in [0.29, 0.717) is 44.0 Å². The van der Waals surface area contributed by atoms with Crippen molar-refractivity contribution < 1.29 is 30.8 Å². The van der Waals surface area contributed by atoms with E-state index in [1.165, 1.54) is 4.31 Å². The van der Waals surface area contributed by atoms with Crippen LogP contribution in [0.3, 0.4) is 0 Å². The van der Waals surface area contributed by atoms with Crippen LogP contribution in [0.5, 0.6) is 0 Å². The molecule has 204 valence electrons. The Labute approximate surface area is 216 Å². The average Bonchev–Trinajstić information content (AvgIpc) is 3.20. The number of likely N-dealkylation sites (tertiary alicyclic amines) is 1. The molecular formula is C23H29F4N5O3S2. The molecule has 1 aromatic heterocycles. The summed E-state index contributed by atoms with van der Waals surface area (Å²) in [4.78, 5) is 18.6. The van der Waals surface area contributed by atoms with Crippen molar-refractivity contribution in [2.45, 2.75) is 44.1 Å². The van der Waals surface area contributed by atoms with E-state index >= 15 is 0 Å². The van der Waals surface area contributed by atoms with E-state index in [1.807, 2.05) is 4.90 Å². The first-order valence-electron chi connectivity index (χ1n) is 12.0. The quantitative estimate of drug-likeness (QED) is 0.355. The van der Waals surface area contributed by atoms with Crippen molar-refractivity contribution in [2.24, 2.45) is 0 Å². The number of nitrogens with one attached hydrogen (secondary N) is 1. The van der Waals surface area contributed by atoms with Crippen LogP contribution in [0, 0.1) is 11.6 Å². The van der Waals surface area contributed by atoms with Crippen LogP contribution < -0.4 is 11.1 Å². The van der Waals surface area contributed by atoms with Gasteiger partial charge in [0.15, 0.2) is 5.13 Å². The number of thiazole rings is 1. The molecule has 2 saturated heterocycles. The summed E-state index contributed by atoms with van der Waals surface area (Å²) in [6.45, 7) is 1.60. The van der Waals surface area contributed by atoms with Gasteiger partial charge in [-0.15, -0.1) is 0 Å². The maximum atomic E-state index is 14.0. The van der Waals surface area contributed by atoms with Crippen LogP contribution in [0.2, 0.25) is 0 Å². The molecule has 2 aliphatic rings. The Balaban J connectivity index is 1.26. The second-order valence-corrected chi connectivity index (χ2v) is 12.4. The largest absolute Gasteiger partial charge is 0.382 e. The highest BCUT2D eigenvalue weighted by molar-refractivity contribution is 7.89. The third-order valence-corrected chi connectivity index (χ3v) is 9.65. The second kappa shape index (κ2) is 11.2. The number of nitrogen functional groups attached to an aromatic ring is 1. The number of aromatic nitrogens is 1. The zero-order chi connectivity index (χ0) is 26.8. The molecule has 2 aromatic rings. The van der Waals surface area contributed by atoms with Gasteiger partial charge in [-0.2, -0.15) is 0 Å². The van der Waals surface area contributed by atoms with Crippen LogP contribution in [0.25, 0.3) is 0 Å². The minimum absolute atomic E-state index is 0.0426. The summed E-state index contributed by atoms with van der Waals surface area (Å²) in [5.74, 6) is -5.67. The predicted octanol–water partition coefficient (Wildman–Crippen LogP) is 3.56. The molecular weight excluding hydrogens is 534 g/mol. The van der Waals surface area contributed by atoms with Crippen molar-refractivity contribution in [3.8, 4) is 0 Å². The van der Waals surface area contributed by atoms with Gasteiger partial charge in [0.1, 0.15) is 22.3 Å². The number of carbonyl (C=O) groups excluding carboxylic acids is 1. The van der Waals surface area contributed by atoms with E-state index in [0.717, 1.165) is 29.5 Å². The summed E-state index contributed by atoms with van der Waals surface area (Å²) in [6, 6.07) is 3.02. The van der Waals surface area contributed by atoms with Crippen LogP contribution in [0.4, 0.5) is 28.5 Å². The molecule has 0 atom stereocenters. The van der Waals surface area contributed by atoms with E-state index in [4.69, 9.17) is 5.73 Å². The zero-order valence-electron chi connectivity index (χ0n) is 20.1. The van der Waals surface area contributed by atoms with Crippen LogP contribution in [-0.2, 0) is 10.0 Å². The summed E-state index contributed by atoms with van der Waals surface area (Å²) in [5, 5.41) is 3.45. The minimum Gasteiger partial charge on any atom is -0.382 e. The summed E-state index contributed by atoms with van der Waals surface area (Å²) in [6.07, 6.45) is 0.974. The predicted molar refractivity (Wildman–Crippen MR) is 134 cm³/mol. The maximum Gasteiger partial charge on any atom is 0.250 e. The number of nitrogens with zero attached hydrogens (tertiary/aromatic N) is 3. The van der Waals surface area contributed by atoms with Crippen molar-refractivity contribution in [3.63, 3.8) is 0 Å². The molecule has 37 heavy (non-hydrogen) atoms. The molecule has 8 nitrogen and oxygen atoms in total. The van der Waals surface area contributed by atoms with Gasteiger partial charge in [-0.1, -0.05) is 17.4 Å². The smallest absolute Gasteiger partial charge is 0.250 e. The summed E-state index contributed by atoms with van der Waals surface area (Å²) in [5.41, 5.74) is 5.15. The summed E-state index contributed by atoms with van der Waals surface area (Å²) < 4.78 is 81.5. The lowest BCUT2D eigenvalue weighted by Crippen LogP contribution is -2.44. The minimum atomic E-state index is -3.47. The highest BCUT2D eigenvalue weighted by Crippen LogP contribution is 2.31. The maximum absolute atomic E-state index is 14.0. The number of hydrogen-bond acceptors (Lipinski definition) is 8. The van der Waals surface area contributed by atoms with E-state index < -0.39 is 38.9 Å². The molecule has 0 aliphatic carbocycles. The topological polar surface area (TPSA) is 109 Å². The first-order valence-corrected chi connectivity index (χ1v) is 14.5. The van der Waals surface area contributed by atoms with Gasteiger partial charge >= 0.3 is 0 Å². The lowest BCUT2D eigenvalue weighted by molar-refractivity contribution is -0.0549. The van der Waals surface area contributed by atoms with E-state index in [2.05, 4.69) is 10.3 Å². The molecule has 0 radical (unpaired) electrons. The van der Waals surface area contributed by atoms with Gasteiger partial charge in [0.25, 0.3) is 5.92 Å². The molecule has 0 bridgehead atoms. The average molecular weight is 564 g/mol. The highest BCUT2D eigenvalue weighted by atomic mass is 32.2. The number of ketones is 1. The van der Waals surface area contributed by atoms with Crippen molar-refractivity contribution in [2.75, 3.05) is 49.5 Å². The molecule has 0 spiro atoms. The number of hydrogen-bond donors (Lipinski definition) is 2. The lowest BCUT2D eigenvalue weighted by Gasteiger charge is -2.33. The van der Waals surface area contributed by atoms with Crippen LogP contribution in [-0.4, -0.2) is 78.8 Å². The van der Waals surface area contributed by atoms with Crippen molar-refractivity contribution in [3.05, 3.63) is 40.3 Å².